The number of urea groups is 1. The molecule has 4 nitrogen and oxygen atoms in total. The second-order valence-electron chi connectivity index (χ2n) is 10.5. The molecule has 7 heteroatoms. The number of hydrogen-bond donors (Lipinski definition) is 2. The SMILES string of the molecule is O=C(Nc1ccc(C(F)(F)F)cc1)N(Cc1ccc(-c2ccc(CNC3CCCCC3)cc2)cc1)c1ccccc1. The Bertz CT molecular complexity index is 1400. The van der Waals surface area contributed by atoms with E-state index in [1.807, 2.05) is 54.6 Å². The lowest BCUT2D eigenvalue weighted by atomic mass is 9.95. The maximum atomic E-state index is 13.3. The van der Waals surface area contributed by atoms with Gasteiger partial charge in [-0.1, -0.05) is 86.0 Å². The van der Waals surface area contributed by atoms with Crippen LogP contribution in [-0.2, 0) is 19.3 Å². The fourth-order valence-corrected chi connectivity index (χ4v) is 5.19. The molecule has 5 rings (SSSR count). The zero-order valence-corrected chi connectivity index (χ0v) is 22.8. The molecule has 1 saturated carbocycles. The summed E-state index contributed by atoms with van der Waals surface area (Å²) in [6.07, 6.45) is 2.09. The van der Waals surface area contributed by atoms with Gasteiger partial charge in [0.15, 0.2) is 0 Å². The fourth-order valence-electron chi connectivity index (χ4n) is 5.19. The van der Waals surface area contributed by atoms with E-state index >= 15 is 0 Å². The molecular formula is C34H34F3N3O. The standard InChI is InChI=1S/C34H34F3N3O/c35-34(36,37)29-19-21-31(22-20-29)39-33(41)40(32-9-5-2-6-10-32)24-26-13-17-28(18-14-26)27-15-11-25(12-16-27)23-38-30-7-3-1-4-8-30/h2,5-6,9-22,30,38H,1,3-4,7-8,23-24H2,(H,39,41). The minimum absolute atomic E-state index is 0.289. The lowest BCUT2D eigenvalue weighted by molar-refractivity contribution is -0.137. The predicted octanol–water partition coefficient (Wildman–Crippen LogP) is 9.03. The molecule has 0 unspecified atom stereocenters. The van der Waals surface area contributed by atoms with Crippen molar-refractivity contribution in [2.75, 3.05) is 10.2 Å². The van der Waals surface area contributed by atoms with Crippen molar-refractivity contribution >= 4 is 17.4 Å². The Morgan fingerprint density at radius 1 is 0.732 bits per heavy atom. The average Bonchev–Trinajstić information content (AvgIpc) is 3.00. The quantitative estimate of drug-likeness (QED) is 0.227. The minimum atomic E-state index is -4.43. The second-order valence-corrected chi connectivity index (χ2v) is 10.5. The van der Waals surface area contributed by atoms with E-state index in [1.54, 1.807) is 4.90 Å². The van der Waals surface area contributed by atoms with Gasteiger partial charge in [0.05, 0.1) is 12.1 Å². The molecule has 0 aromatic heterocycles. The maximum absolute atomic E-state index is 13.3. The molecule has 0 atom stereocenters. The molecular weight excluding hydrogens is 523 g/mol. The summed E-state index contributed by atoms with van der Waals surface area (Å²) in [5, 5.41) is 6.41. The van der Waals surface area contributed by atoms with E-state index in [0.29, 0.717) is 18.3 Å². The van der Waals surface area contributed by atoms with Crippen LogP contribution in [0.2, 0.25) is 0 Å². The van der Waals surface area contributed by atoms with Gasteiger partial charge in [0.1, 0.15) is 0 Å². The number of hydrogen-bond acceptors (Lipinski definition) is 2. The molecule has 0 bridgehead atoms. The van der Waals surface area contributed by atoms with Crippen molar-refractivity contribution in [1.29, 1.82) is 0 Å². The highest BCUT2D eigenvalue weighted by molar-refractivity contribution is 6.01. The summed E-state index contributed by atoms with van der Waals surface area (Å²) in [4.78, 5) is 14.8. The first-order valence-corrected chi connectivity index (χ1v) is 14.1. The topological polar surface area (TPSA) is 44.4 Å². The van der Waals surface area contributed by atoms with Gasteiger partial charge < -0.3 is 10.6 Å². The summed E-state index contributed by atoms with van der Waals surface area (Å²) in [5.41, 5.74) is 4.61. The Morgan fingerprint density at radius 3 is 1.90 bits per heavy atom. The van der Waals surface area contributed by atoms with E-state index in [0.717, 1.165) is 35.4 Å². The molecule has 4 aromatic rings. The summed E-state index contributed by atoms with van der Waals surface area (Å²) < 4.78 is 38.8. The number of carbonyl (C=O) groups is 1. The molecule has 1 aliphatic rings. The Balaban J connectivity index is 1.24. The molecule has 4 aromatic carbocycles. The van der Waals surface area contributed by atoms with Crippen LogP contribution in [0, 0.1) is 0 Å². The number of halogens is 3. The summed E-state index contributed by atoms with van der Waals surface area (Å²) in [5.74, 6) is 0. The van der Waals surface area contributed by atoms with Crippen molar-refractivity contribution in [3.63, 3.8) is 0 Å². The Labute approximate surface area is 239 Å². The van der Waals surface area contributed by atoms with Crippen molar-refractivity contribution in [2.45, 2.75) is 57.4 Å². The number of anilines is 2. The van der Waals surface area contributed by atoms with E-state index in [9.17, 15) is 18.0 Å². The summed E-state index contributed by atoms with van der Waals surface area (Å²) in [7, 11) is 0. The third-order valence-electron chi connectivity index (χ3n) is 7.56. The minimum Gasteiger partial charge on any atom is -0.310 e. The second kappa shape index (κ2) is 13.0. The number of amides is 2. The van der Waals surface area contributed by atoms with Gasteiger partial charge in [0, 0.05) is 24.0 Å². The highest BCUT2D eigenvalue weighted by Crippen LogP contribution is 2.30. The summed E-state index contributed by atoms with van der Waals surface area (Å²) >= 11 is 0. The van der Waals surface area contributed by atoms with Crippen LogP contribution in [0.4, 0.5) is 29.3 Å². The molecule has 1 fully saturated rings. The van der Waals surface area contributed by atoms with Gasteiger partial charge in [0.2, 0.25) is 0 Å². The number of carbonyl (C=O) groups excluding carboxylic acids is 1. The first kappa shape index (κ1) is 28.4. The molecule has 1 aliphatic carbocycles. The van der Waals surface area contributed by atoms with Crippen LogP contribution >= 0.6 is 0 Å². The summed E-state index contributed by atoms with van der Waals surface area (Å²) in [6.45, 7) is 1.18. The third kappa shape index (κ3) is 7.76. The number of nitrogens with one attached hydrogen (secondary N) is 2. The van der Waals surface area contributed by atoms with Crippen LogP contribution in [0.15, 0.2) is 103 Å². The van der Waals surface area contributed by atoms with Crippen LogP contribution in [0.1, 0.15) is 48.8 Å². The van der Waals surface area contributed by atoms with E-state index in [1.165, 1.54) is 49.8 Å². The first-order valence-electron chi connectivity index (χ1n) is 14.1. The maximum Gasteiger partial charge on any atom is 0.416 e. The van der Waals surface area contributed by atoms with Crippen molar-refractivity contribution < 1.29 is 18.0 Å². The zero-order valence-electron chi connectivity index (χ0n) is 22.8. The van der Waals surface area contributed by atoms with Gasteiger partial charge in [-0.25, -0.2) is 4.79 Å². The summed E-state index contributed by atoms with van der Waals surface area (Å²) in [6, 6.07) is 30.5. The fraction of sp³-hybridized carbons (Fsp3) is 0.265. The normalized spacial score (nSPS) is 14.0. The van der Waals surface area contributed by atoms with E-state index in [4.69, 9.17) is 0 Å². The van der Waals surface area contributed by atoms with Crippen molar-refractivity contribution in [1.82, 2.24) is 5.32 Å². The van der Waals surface area contributed by atoms with Crippen molar-refractivity contribution in [3.05, 3.63) is 120 Å². The Morgan fingerprint density at radius 2 is 1.32 bits per heavy atom. The smallest absolute Gasteiger partial charge is 0.310 e. The number of nitrogens with zero attached hydrogens (tertiary/aromatic N) is 1. The largest absolute Gasteiger partial charge is 0.416 e. The molecule has 0 radical (unpaired) electrons. The molecule has 2 N–H and O–H groups in total. The molecule has 41 heavy (non-hydrogen) atoms. The average molecular weight is 558 g/mol. The molecule has 2 amide bonds. The first-order chi connectivity index (χ1) is 19.8. The van der Waals surface area contributed by atoms with Crippen LogP contribution in [0.5, 0.6) is 0 Å². The molecule has 0 spiro atoms. The Hall–Kier alpha value is -4.10. The van der Waals surface area contributed by atoms with E-state index in [2.05, 4.69) is 34.9 Å². The predicted molar refractivity (Wildman–Crippen MR) is 159 cm³/mol. The van der Waals surface area contributed by atoms with Crippen molar-refractivity contribution in [2.24, 2.45) is 0 Å². The molecule has 0 aliphatic heterocycles. The molecule has 212 valence electrons. The monoisotopic (exact) mass is 557 g/mol. The van der Waals surface area contributed by atoms with E-state index in [-0.39, 0.29) is 5.69 Å². The van der Waals surface area contributed by atoms with Gasteiger partial charge in [-0.05, 0) is 71.5 Å². The molecule has 0 saturated heterocycles. The van der Waals surface area contributed by atoms with Gasteiger partial charge in [-0.2, -0.15) is 13.2 Å². The number of benzene rings is 4. The van der Waals surface area contributed by atoms with Crippen LogP contribution in [-0.4, -0.2) is 12.1 Å². The van der Waals surface area contributed by atoms with Gasteiger partial charge >= 0.3 is 12.2 Å². The van der Waals surface area contributed by atoms with Gasteiger partial charge in [-0.15, -0.1) is 0 Å². The lowest BCUT2D eigenvalue weighted by Gasteiger charge is -2.24. The van der Waals surface area contributed by atoms with Crippen LogP contribution in [0.3, 0.4) is 0 Å². The molecule has 0 heterocycles. The van der Waals surface area contributed by atoms with Crippen molar-refractivity contribution in [3.8, 4) is 11.1 Å². The Kier molecular flexibility index (Phi) is 9.04. The number of alkyl halides is 3. The van der Waals surface area contributed by atoms with Gasteiger partial charge in [-0.3, -0.25) is 4.90 Å². The third-order valence-corrected chi connectivity index (χ3v) is 7.56. The van der Waals surface area contributed by atoms with Crippen LogP contribution < -0.4 is 15.5 Å². The number of para-hydroxylation sites is 1. The highest BCUT2D eigenvalue weighted by Gasteiger charge is 2.30. The number of rotatable bonds is 8. The van der Waals surface area contributed by atoms with Gasteiger partial charge in [0.25, 0.3) is 0 Å². The van der Waals surface area contributed by atoms with Crippen LogP contribution in [0.25, 0.3) is 11.1 Å². The van der Waals surface area contributed by atoms with E-state index < -0.39 is 17.8 Å². The highest BCUT2D eigenvalue weighted by atomic mass is 19.4. The lowest BCUT2D eigenvalue weighted by Crippen LogP contribution is -2.34. The zero-order chi connectivity index (χ0) is 28.7.